The van der Waals surface area contributed by atoms with Gasteiger partial charge in [0.25, 0.3) is 5.91 Å². The number of rotatable bonds is 14. The summed E-state index contributed by atoms with van der Waals surface area (Å²) in [5.74, 6) is -2.34. The van der Waals surface area contributed by atoms with Crippen LogP contribution in [0, 0.1) is 0 Å². The number of amides is 1. The first kappa shape index (κ1) is 38.0. The van der Waals surface area contributed by atoms with E-state index >= 15 is 0 Å². The Bertz CT molecular complexity index is 1640. The summed E-state index contributed by atoms with van der Waals surface area (Å²) in [6.07, 6.45) is -2.47. The van der Waals surface area contributed by atoms with E-state index in [-0.39, 0.29) is 19.5 Å². The molecule has 3 aromatic carbocycles. The monoisotopic (exact) mass is 705 g/mol. The summed E-state index contributed by atoms with van der Waals surface area (Å²) in [4.78, 5) is 39.5. The fourth-order valence-corrected chi connectivity index (χ4v) is 5.18. The summed E-state index contributed by atoms with van der Waals surface area (Å²) in [6, 6.07) is 18.0. The number of carbonyl (C=O) groups excluding carboxylic acids is 1. The number of nitrogens with zero attached hydrogens (tertiary/aromatic N) is 2. The summed E-state index contributed by atoms with van der Waals surface area (Å²) in [7, 11) is 0. The van der Waals surface area contributed by atoms with Crippen LogP contribution in [0.1, 0.15) is 47.2 Å². The van der Waals surface area contributed by atoms with Gasteiger partial charge in [-0.1, -0.05) is 42.3 Å². The Labute approximate surface area is 284 Å². The van der Waals surface area contributed by atoms with Gasteiger partial charge in [0.15, 0.2) is 5.13 Å². The van der Waals surface area contributed by atoms with Crippen LogP contribution in [0.4, 0.5) is 24.0 Å². The molecule has 0 saturated heterocycles. The van der Waals surface area contributed by atoms with Crippen LogP contribution in [-0.2, 0) is 22.3 Å². The highest BCUT2D eigenvalue weighted by Gasteiger charge is 2.30. The molecule has 0 aliphatic carbocycles. The van der Waals surface area contributed by atoms with Crippen molar-refractivity contribution in [2.24, 2.45) is 11.5 Å². The zero-order valence-corrected chi connectivity index (χ0v) is 27.2. The number of thiazole rings is 1. The lowest BCUT2D eigenvalue weighted by Gasteiger charge is -2.23. The van der Waals surface area contributed by atoms with E-state index in [9.17, 15) is 27.6 Å². The van der Waals surface area contributed by atoms with Gasteiger partial charge < -0.3 is 31.9 Å². The minimum Gasteiger partial charge on any atom is -0.481 e. The minimum atomic E-state index is -4.45. The molecule has 4 rings (SSSR count). The molecule has 1 atom stereocenters. The van der Waals surface area contributed by atoms with Gasteiger partial charge in [-0.15, -0.1) is 11.3 Å². The number of alkyl halides is 3. The average Bonchev–Trinajstić information content (AvgIpc) is 3.54. The van der Waals surface area contributed by atoms with Crippen molar-refractivity contribution in [1.29, 1.82) is 0 Å². The molecule has 15 heteroatoms. The van der Waals surface area contributed by atoms with Gasteiger partial charge in [0.05, 0.1) is 24.2 Å². The van der Waals surface area contributed by atoms with Gasteiger partial charge in [-0.05, 0) is 73.5 Å². The number of anilines is 2. The first-order valence-corrected chi connectivity index (χ1v) is 16.0. The first-order valence-electron chi connectivity index (χ1n) is 14.7. The summed E-state index contributed by atoms with van der Waals surface area (Å²) in [5, 5.41) is 22.6. The van der Waals surface area contributed by atoms with Crippen LogP contribution < -0.4 is 21.7 Å². The molecule has 1 aromatic heterocycles. The topological polar surface area (TPSA) is 172 Å². The van der Waals surface area contributed by atoms with Crippen LogP contribution in [0.15, 0.2) is 78.2 Å². The molecule has 256 valence electrons. The minimum absolute atomic E-state index is 0.0115. The van der Waals surface area contributed by atoms with Crippen LogP contribution in [-0.4, -0.2) is 52.2 Å². The zero-order valence-electron chi connectivity index (χ0n) is 25.6. The molecule has 10 nitrogen and oxygen atoms in total. The maximum absolute atomic E-state index is 13.1. The van der Waals surface area contributed by atoms with Crippen molar-refractivity contribution in [2.45, 2.75) is 44.4 Å². The Morgan fingerprint density at radius 2 is 1.60 bits per heavy atom. The lowest BCUT2D eigenvalue weighted by Crippen LogP contribution is -2.29. The lowest BCUT2D eigenvalue weighted by atomic mass is 10.1. The largest absolute Gasteiger partial charge is 0.481 e. The molecule has 4 aromatic rings. The number of hydrogen-bond acceptors (Lipinski definition) is 8. The quantitative estimate of drug-likeness (QED) is 0.0912. The molecule has 48 heavy (non-hydrogen) atoms. The smallest absolute Gasteiger partial charge is 0.416 e. The van der Waals surface area contributed by atoms with Gasteiger partial charge in [-0.25, -0.2) is 4.98 Å². The van der Waals surface area contributed by atoms with Gasteiger partial charge in [0.1, 0.15) is 6.04 Å². The highest BCUT2D eigenvalue weighted by molar-refractivity contribution is 7.14. The van der Waals surface area contributed by atoms with Crippen molar-refractivity contribution in [3.8, 4) is 11.3 Å². The number of benzene rings is 3. The predicted molar refractivity (Wildman–Crippen MR) is 179 cm³/mol. The lowest BCUT2D eigenvalue weighted by molar-refractivity contribution is -0.139. The Balaban J connectivity index is 0.000000542. The van der Waals surface area contributed by atoms with Crippen molar-refractivity contribution in [3.63, 3.8) is 0 Å². The Morgan fingerprint density at radius 3 is 2.17 bits per heavy atom. The number of carbonyl (C=O) groups is 3. The third-order valence-electron chi connectivity index (χ3n) is 6.84. The number of nitrogens with two attached hydrogens (primary N) is 2. The Morgan fingerprint density at radius 1 is 0.958 bits per heavy atom. The van der Waals surface area contributed by atoms with E-state index in [2.05, 4.69) is 5.32 Å². The van der Waals surface area contributed by atoms with Crippen molar-refractivity contribution in [3.05, 3.63) is 99.9 Å². The number of aliphatic carboxylic acids is 2. The van der Waals surface area contributed by atoms with Gasteiger partial charge in [-0.2, -0.15) is 13.2 Å². The SMILES string of the molecule is NCCCC[C@H](N)C(=O)O.O=C(O)CCNC(=O)c1ccc(CN(c2ccc(C(F)(F)F)cc2)c2nc(-c3ccc(Cl)cc3)cs2)cc1. The van der Waals surface area contributed by atoms with E-state index in [1.165, 1.54) is 23.5 Å². The average molecular weight is 706 g/mol. The molecular weight excluding hydrogens is 671 g/mol. The molecular formula is C33H35ClF3N5O5S. The third-order valence-corrected chi connectivity index (χ3v) is 7.95. The van der Waals surface area contributed by atoms with E-state index in [1.54, 1.807) is 41.3 Å². The maximum atomic E-state index is 13.1. The molecule has 0 aliphatic rings. The first-order chi connectivity index (χ1) is 22.8. The zero-order chi connectivity index (χ0) is 35.3. The number of carboxylic acids is 2. The number of hydrogen-bond donors (Lipinski definition) is 5. The number of aromatic nitrogens is 1. The van der Waals surface area contributed by atoms with Crippen LogP contribution >= 0.6 is 22.9 Å². The van der Waals surface area contributed by atoms with E-state index in [1.807, 2.05) is 17.5 Å². The number of halogens is 4. The highest BCUT2D eigenvalue weighted by Crippen LogP contribution is 2.36. The van der Waals surface area contributed by atoms with E-state index < -0.39 is 35.6 Å². The molecule has 0 unspecified atom stereocenters. The van der Waals surface area contributed by atoms with Gasteiger partial charge >= 0.3 is 18.1 Å². The van der Waals surface area contributed by atoms with Gasteiger partial charge in [0.2, 0.25) is 0 Å². The molecule has 0 bridgehead atoms. The molecule has 0 radical (unpaired) electrons. The fraction of sp³-hybridized carbons (Fsp3) is 0.273. The fourth-order valence-electron chi connectivity index (χ4n) is 4.20. The standard InChI is InChI=1S/C27H21ClF3N3O3S.C6H14N2O2/c28-21-9-5-18(6-10-21)23-16-38-26(33-23)34(22-11-7-20(8-12-22)27(29,30)31)15-17-1-3-19(4-2-17)25(37)32-14-13-24(35)36;7-4-2-1-3-5(8)6(9)10/h1-12,16H,13-15H2,(H,32,37)(H,35,36);5H,1-4,7-8H2,(H,9,10)/t;5-/m.0/s1. The summed E-state index contributed by atoms with van der Waals surface area (Å²) in [5.41, 5.74) is 12.9. The molecule has 0 spiro atoms. The van der Waals surface area contributed by atoms with E-state index in [0.717, 1.165) is 36.1 Å². The Kier molecular flexibility index (Phi) is 14.4. The number of carboxylic acid groups (broad SMARTS) is 2. The van der Waals surface area contributed by atoms with Gasteiger partial charge in [-0.3, -0.25) is 14.4 Å². The van der Waals surface area contributed by atoms with Crippen molar-refractivity contribution in [1.82, 2.24) is 10.3 Å². The van der Waals surface area contributed by atoms with Crippen molar-refractivity contribution < 1.29 is 37.8 Å². The molecule has 1 amide bonds. The second-order valence-corrected chi connectivity index (χ2v) is 11.8. The molecule has 0 aliphatic heterocycles. The summed E-state index contributed by atoms with van der Waals surface area (Å²) < 4.78 is 39.4. The summed E-state index contributed by atoms with van der Waals surface area (Å²) in [6.45, 7) is 0.893. The molecule has 7 N–H and O–H groups in total. The van der Waals surface area contributed by atoms with E-state index in [4.69, 9.17) is 38.3 Å². The Hall–Kier alpha value is -4.50. The van der Waals surface area contributed by atoms with Gasteiger partial charge in [0, 0.05) is 33.8 Å². The second-order valence-electron chi connectivity index (χ2n) is 10.5. The van der Waals surface area contributed by atoms with Crippen LogP contribution in [0.2, 0.25) is 5.02 Å². The molecule has 0 saturated carbocycles. The number of unbranched alkanes of at least 4 members (excludes halogenated alkanes) is 1. The van der Waals surface area contributed by atoms with E-state index in [0.29, 0.717) is 40.1 Å². The van der Waals surface area contributed by atoms with Crippen LogP contribution in [0.5, 0.6) is 0 Å². The van der Waals surface area contributed by atoms with Crippen molar-refractivity contribution >= 4 is 51.6 Å². The molecule has 0 fully saturated rings. The number of nitrogens with one attached hydrogen (secondary N) is 1. The maximum Gasteiger partial charge on any atom is 0.416 e. The third kappa shape index (κ3) is 11.9. The molecule has 1 heterocycles. The van der Waals surface area contributed by atoms with Crippen LogP contribution in [0.25, 0.3) is 11.3 Å². The van der Waals surface area contributed by atoms with Crippen LogP contribution in [0.3, 0.4) is 0 Å². The highest BCUT2D eigenvalue weighted by atomic mass is 35.5. The van der Waals surface area contributed by atoms with Crippen molar-refractivity contribution in [2.75, 3.05) is 18.0 Å². The summed E-state index contributed by atoms with van der Waals surface area (Å²) >= 11 is 7.33. The normalized spacial score (nSPS) is 11.6. The predicted octanol–water partition coefficient (Wildman–Crippen LogP) is 6.55. The second kappa shape index (κ2) is 18.2.